The topological polar surface area (TPSA) is 118 Å². The Kier molecular flexibility index (Phi) is 6.86. The number of hydrogen-bond donors (Lipinski definition) is 3. The van der Waals surface area contributed by atoms with Crippen LogP contribution in [0.15, 0.2) is 0 Å². The van der Waals surface area contributed by atoms with Gasteiger partial charge in [0.1, 0.15) is 6.04 Å². The molecule has 0 heterocycles. The van der Waals surface area contributed by atoms with E-state index in [4.69, 9.17) is 15.4 Å². The molecule has 0 aromatic rings. The quantitative estimate of drug-likeness (QED) is 0.507. The first-order valence-electron chi connectivity index (χ1n) is 3.14. The Labute approximate surface area is 71.1 Å². The van der Waals surface area contributed by atoms with Gasteiger partial charge in [-0.3, -0.25) is 9.35 Å². The molecule has 0 radical (unpaired) electrons. The second-order valence-electron chi connectivity index (χ2n) is 2.00. The predicted molar refractivity (Wildman–Crippen MR) is 43.4 cm³/mol. The summed E-state index contributed by atoms with van der Waals surface area (Å²) in [5.41, 5.74) is 4.84. The third kappa shape index (κ3) is 16.2. The minimum absolute atomic E-state index is 0.201. The zero-order valence-corrected chi connectivity index (χ0v) is 7.71. The van der Waals surface area contributed by atoms with Gasteiger partial charge in [-0.2, -0.15) is 8.42 Å². The van der Waals surface area contributed by atoms with Gasteiger partial charge < -0.3 is 10.8 Å². The van der Waals surface area contributed by atoms with Crippen LogP contribution in [0.5, 0.6) is 0 Å². The van der Waals surface area contributed by atoms with Crippen LogP contribution in [0.25, 0.3) is 0 Å². The molecule has 0 fully saturated rings. The highest BCUT2D eigenvalue weighted by molar-refractivity contribution is 7.85. The molecule has 0 unspecified atom stereocenters. The second-order valence-corrected chi connectivity index (χ2v) is 3.74. The fraction of sp³-hybridized carbons (Fsp3) is 0.800. The van der Waals surface area contributed by atoms with Crippen molar-refractivity contribution in [3.05, 3.63) is 0 Å². The van der Waals surface area contributed by atoms with Crippen molar-refractivity contribution in [3.63, 3.8) is 0 Å². The van der Waals surface area contributed by atoms with Gasteiger partial charge in [-0.25, -0.2) is 0 Å². The maximum absolute atomic E-state index is 9.57. The molecular weight excluding hydrogens is 186 g/mol. The fourth-order valence-corrected chi connectivity index (χ4v) is 0. The van der Waals surface area contributed by atoms with Crippen LogP contribution < -0.4 is 5.73 Å². The van der Waals surface area contributed by atoms with Gasteiger partial charge in [0.2, 0.25) is 0 Å². The van der Waals surface area contributed by atoms with Crippen molar-refractivity contribution < 1.29 is 22.9 Å². The zero-order valence-electron chi connectivity index (χ0n) is 6.89. The highest BCUT2D eigenvalue weighted by Gasteiger charge is 1.99. The van der Waals surface area contributed by atoms with E-state index >= 15 is 0 Å². The van der Waals surface area contributed by atoms with Gasteiger partial charge in [0.05, 0.1) is 5.75 Å². The highest BCUT2D eigenvalue weighted by atomic mass is 32.2. The number of carboxylic acid groups (broad SMARTS) is 1. The van der Waals surface area contributed by atoms with Gasteiger partial charge in [0.25, 0.3) is 10.1 Å². The molecule has 0 saturated heterocycles. The van der Waals surface area contributed by atoms with Crippen LogP contribution in [-0.2, 0) is 14.9 Å². The van der Waals surface area contributed by atoms with Gasteiger partial charge in [-0.05, 0) is 13.8 Å². The number of aliphatic carboxylic acids is 1. The van der Waals surface area contributed by atoms with Crippen LogP contribution in [0, 0.1) is 0 Å². The van der Waals surface area contributed by atoms with E-state index in [0.717, 1.165) is 0 Å². The number of carbonyl (C=O) groups is 1. The fourth-order valence-electron chi connectivity index (χ4n) is 0. The predicted octanol–water partition coefficient (Wildman–Crippen LogP) is -0.688. The average molecular weight is 199 g/mol. The third-order valence-corrected chi connectivity index (χ3v) is 1.48. The minimum atomic E-state index is -3.66. The molecule has 0 aliphatic carbocycles. The molecule has 0 rings (SSSR count). The SMILES string of the molecule is CCS(=O)(=O)O.C[C@H](N)C(=O)O. The van der Waals surface area contributed by atoms with Crippen molar-refractivity contribution in [3.8, 4) is 0 Å². The molecule has 0 aromatic heterocycles. The van der Waals surface area contributed by atoms with Gasteiger partial charge in [0.15, 0.2) is 0 Å². The summed E-state index contributed by atoms with van der Waals surface area (Å²) >= 11 is 0. The zero-order chi connectivity index (χ0) is 10.4. The van der Waals surface area contributed by atoms with Gasteiger partial charge in [0, 0.05) is 0 Å². The number of rotatable bonds is 2. The third-order valence-electron chi connectivity index (χ3n) is 0.754. The lowest BCUT2D eigenvalue weighted by molar-refractivity contribution is -0.138. The van der Waals surface area contributed by atoms with E-state index in [1.54, 1.807) is 0 Å². The highest BCUT2D eigenvalue weighted by Crippen LogP contribution is 1.74. The molecule has 7 heteroatoms. The Morgan fingerprint density at radius 1 is 1.58 bits per heavy atom. The molecule has 0 aliphatic rings. The van der Waals surface area contributed by atoms with Crippen molar-refractivity contribution in [2.24, 2.45) is 5.73 Å². The Morgan fingerprint density at radius 2 is 1.75 bits per heavy atom. The number of carboxylic acids is 1. The molecule has 12 heavy (non-hydrogen) atoms. The van der Waals surface area contributed by atoms with Crippen molar-refractivity contribution in [1.82, 2.24) is 0 Å². The smallest absolute Gasteiger partial charge is 0.320 e. The van der Waals surface area contributed by atoms with Crippen molar-refractivity contribution in [2.45, 2.75) is 19.9 Å². The maximum Gasteiger partial charge on any atom is 0.320 e. The van der Waals surface area contributed by atoms with Crippen molar-refractivity contribution in [1.29, 1.82) is 0 Å². The van der Waals surface area contributed by atoms with Crippen LogP contribution in [0.2, 0.25) is 0 Å². The Balaban J connectivity index is 0. The van der Waals surface area contributed by atoms with E-state index in [0.29, 0.717) is 0 Å². The Hall–Kier alpha value is -0.660. The molecule has 0 saturated carbocycles. The van der Waals surface area contributed by atoms with Gasteiger partial charge in [-0.1, -0.05) is 0 Å². The molecule has 0 bridgehead atoms. The summed E-state index contributed by atoms with van der Waals surface area (Å²) in [5, 5.41) is 7.87. The largest absolute Gasteiger partial charge is 0.480 e. The van der Waals surface area contributed by atoms with Crippen LogP contribution in [0.3, 0.4) is 0 Å². The van der Waals surface area contributed by atoms with Crippen molar-refractivity contribution >= 4 is 16.1 Å². The minimum Gasteiger partial charge on any atom is -0.480 e. The summed E-state index contributed by atoms with van der Waals surface area (Å²) in [6, 6.07) is -0.731. The molecular formula is C5H13NO5S. The number of hydrogen-bond acceptors (Lipinski definition) is 4. The van der Waals surface area contributed by atoms with E-state index in [9.17, 15) is 13.2 Å². The normalized spacial score (nSPS) is 12.7. The van der Waals surface area contributed by atoms with Crippen LogP contribution >= 0.6 is 0 Å². The molecule has 0 spiro atoms. The first-order chi connectivity index (χ1) is 5.20. The van der Waals surface area contributed by atoms with E-state index in [1.165, 1.54) is 13.8 Å². The Bertz CT molecular complexity index is 220. The molecule has 1 atom stereocenters. The molecule has 0 amide bonds. The number of nitrogens with two attached hydrogens (primary N) is 1. The van der Waals surface area contributed by atoms with Crippen molar-refractivity contribution in [2.75, 3.05) is 5.75 Å². The average Bonchev–Trinajstić information content (AvgIpc) is 1.87. The van der Waals surface area contributed by atoms with E-state index in [-0.39, 0.29) is 5.75 Å². The molecule has 0 aliphatic heterocycles. The van der Waals surface area contributed by atoms with E-state index < -0.39 is 22.1 Å². The Morgan fingerprint density at radius 3 is 1.75 bits per heavy atom. The molecule has 6 nitrogen and oxygen atoms in total. The lowest BCUT2D eigenvalue weighted by Crippen LogP contribution is -2.25. The summed E-state index contributed by atoms with van der Waals surface area (Å²) in [7, 11) is -3.66. The molecule has 4 N–H and O–H groups in total. The van der Waals surface area contributed by atoms with E-state index in [1.807, 2.05) is 0 Å². The summed E-state index contributed by atoms with van der Waals surface area (Å²) < 4.78 is 26.9. The van der Waals surface area contributed by atoms with Crippen LogP contribution in [0.1, 0.15) is 13.8 Å². The van der Waals surface area contributed by atoms with E-state index in [2.05, 4.69) is 0 Å². The summed E-state index contributed by atoms with van der Waals surface area (Å²) in [6.07, 6.45) is 0. The molecule has 0 aromatic carbocycles. The van der Waals surface area contributed by atoms with Gasteiger partial charge >= 0.3 is 5.97 Å². The maximum atomic E-state index is 9.57. The second kappa shape index (κ2) is 5.92. The molecule has 74 valence electrons. The van der Waals surface area contributed by atoms with Crippen LogP contribution in [-0.4, -0.2) is 35.8 Å². The summed E-state index contributed by atoms with van der Waals surface area (Å²) in [5.74, 6) is -1.16. The first-order valence-corrected chi connectivity index (χ1v) is 4.75. The monoisotopic (exact) mass is 199 g/mol. The lowest BCUT2D eigenvalue weighted by atomic mass is 10.4. The summed E-state index contributed by atoms with van der Waals surface area (Å²) in [4.78, 5) is 9.57. The van der Waals surface area contributed by atoms with Crippen LogP contribution in [0.4, 0.5) is 0 Å². The summed E-state index contributed by atoms with van der Waals surface area (Å²) in [6.45, 7) is 2.79. The van der Waals surface area contributed by atoms with Gasteiger partial charge in [-0.15, -0.1) is 0 Å². The first kappa shape index (κ1) is 13.9. The lowest BCUT2D eigenvalue weighted by Gasteiger charge is -1.90. The standard InChI is InChI=1S/C3H7NO2.C2H6O3S/c1-2(4)3(5)6;1-2-6(3,4)5/h2H,4H2,1H3,(H,5,6);2H2,1H3,(H,3,4,5)/t2-;/m0./s1.